The molecule has 3 heteroatoms. The SMILES string of the molecule is CCC(C)(C(O)C1CCCCC1)N1CCOCC1. The molecule has 0 aromatic heterocycles. The van der Waals surface area contributed by atoms with Crippen molar-refractivity contribution in [2.45, 2.75) is 64.0 Å². The molecular weight excluding hydrogens is 226 g/mol. The van der Waals surface area contributed by atoms with E-state index < -0.39 is 0 Å². The lowest BCUT2D eigenvalue weighted by atomic mass is 9.75. The Morgan fingerprint density at radius 2 is 1.83 bits per heavy atom. The third-order valence-corrected chi connectivity index (χ3v) is 5.18. The third-order valence-electron chi connectivity index (χ3n) is 5.18. The van der Waals surface area contributed by atoms with Crippen LogP contribution < -0.4 is 0 Å². The van der Waals surface area contributed by atoms with E-state index in [0.29, 0.717) is 5.92 Å². The van der Waals surface area contributed by atoms with E-state index >= 15 is 0 Å². The van der Waals surface area contributed by atoms with Crippen LogP contribution in [0.4, 0.5) is 0 Å². The lowest BCUT2D eigenvalue weighted by molar-refractivity contribution is -0.0948. The van der Waals surface area contributed by atoms with Crippen LogP contribution in [0.25, 0.3) is 0 Å². The highest BCUT2D eigenvalue weighted by Gasteiger charge is 2.41. The van der Waals surface area contributed by atoms with Gasteiger partial charge in [0, 0.05) is 18.6 Å². The van der Waals surface area contributed by atoms with E-state index in [4.69, 9.17) is 4.74 Å². The van der Waals surface area contributed by atoms with Crippen LogP contribution in [0.5, 0.6) is 0 Å². The van der Waals surface area contributed by atoms with Gasteiger partial charge in [0.05, 0.1) is 19.3 Å². The van der Waals surface area contributed by atoms with Crippen LogP contribution >= 0.6 is 0 Å². The highest BCUT2D eigenvalue weighted by atomic mass is 16.5. The van der Waals surface area contributed by atoms with Crippen molar-refractivity contribution in [1.29, 1.82) is 0 Å². The van der Waals surface area contributed by atoms with Crippen molar-refractivity contribution in [3.63, 3.8) is 0 Å². The topological polar surface area (TPSA) is 32.7 Å². The minimum atomic E-state index is -0.180. The van der Waals surface area contributed by atoms with Crippen LogP contribution in [0.1, 0.15) is 52.4 Å². The summed E-state index contributed by atoms with van der Waals surface area (Å²) in [6.07, 6.45) is 7.20. The maximum Gasteiger partial charge on any atom is 0.0749 e. The smallest absolute Gasteiger partial charge is 0.0749 e. The fourth-order valence-corrected chi connectivity index (χ4v) is 3.65. The molecule has 0 amide bonds. The molecule has 1 saturated heterocycles. The highest BCUT2D eigenvalue weighted by molar-refractivity contribution is 4.96. The number of ether oxygens (including phenoxy) is 1. The molecule has 2 rings (SSSR count). The van der Waals surface area contributed by atoms with Crippen molar-refractivity contribution in [2.24, 2.45) is 5.92 Å². The molecule has 0 aromatic carbocycles. The fourth-order valence-electron chi connectivity index (χ4n) is 3.65. The molecule has 1 aliphatic heterocycles. The Balaban J connectivity index is 2.03. The van der Waals surface area contributed by atoms with Gasteiger partial charge in [-0.3, -0.25) is 4.90 Å². The van der Waals surface area contributed by atoms with E-state index in [-0.39, 0.29) is 11.6 Å². The summed E-state index contributed by atoms with van der Waals surface area (Å²) in [4.78, 5) is 2.45. The first kappa shape index (κ1) is 14.3. The molecule has 3 nitrogen and oxygen atoms in total. The van der Waals surface area contributed by atoms with Crippen LogP contribution in [0.15, 0.2) is 0 Å². The van der Waals surface area contributed by atoms with E-state index in [9.17, 15) is 5.11 Å². The van der Waals surface area contributed by atoms with Crippen molar-refractivity contribution in [3.8, 4) is 0 Å². The molecule has 0 bridgehead atoms. The number of hydrogen-bond acceptors (Lipinski definition) is 3. The van der Waals surface area contributed by atoms with Gasteiger partial charge < -0.3 is 9.84 Å². The van der Waals surface area contributed by atoms with Crippen LogP contribution in [-0.4, -0.2) is 48.0 Å². The molecule has 0 spiro atoms. The second-order valence-corrected chi connectivity index (χ2v) is 6.15. The van der Waals surface area contributed by atoms with Gasteiger partial charge in [-0.15, -0.1) is 0 Å². The van der Waals surface area contributed by atoms with Crippen molar-refractivity contribution < 1.29 is 9.84 Å². The monoisotopic (exact) mass is 255 g/mol. The third kappa shape index (κ3) is 2.89. The fraction of sp³-hybridized carbons (Fsp3) is 1.00. The number of rotatable bonds is 4. The van der Waals surface area contributed by atoms with Crippen LogP contribution in [0, 0.1) is 5.92 Å². The Bertz CT molecular complexity index is 247. The quantitative estimate of drug-likeness (QED) is 0.837. The summed E-state index contributed by atoms with van der Waals surface area (Å²) in [5.74, 6) is 0.506. The van der Waals surface area contributed by atoms with Crippen molar-refractivity contribution in [3.05, 3.63) is 0 Å². The standard InChI is InChI=1S/C15H29NO2/c1-3-15(2,16-9-11-18-12-10-16)14(17)13-7-5-4-6-8-13/h13-14,17H,3-12H2,1-2H3. The summed E-state index contributed by atoms with van der Waals surface area (Å²) in [5.41, 5.74) is -0.0637. The molecule has 2 fully saturated rings. The van der Waals surface area contributed by atoms with Crippen LogP contribution in [0.2, 0.25) is 0 Å². The molecule has 2 atom stereocenters. The van der Waals surface area contributed by atoms with E-state index in [1.165, 1.54) is 32.1 Å². The lowest BCUT2D eigenvalue weighted by Gasteiger charge is -2.48. The number of hydrogen-bond donors (Lipinski definition) is 1. The summed E-state index contributed by atoms with van der Waals surface area (Å²) >= 11 is 0. The van der Waals surface area contributed by atoms with Crippen LogP contribution in [0.3, 0.4) is 0 Å². The van der Waals surface area contributed by atoms with Crippen LogP contribution in [-0.2, 0) is 4.74 Å². The minimum absolute atomic E-state index is 0.0637. The van der Waals surface area contributed by atoms with Gasteiger partial charge in [-0.05, 0) is 32.1 Å². The highest BCUT2D eigenvalue weighted by Crippen LogP contribution is 2.35. The van der Waals surface area contributed by atoms with E-state index in [1.54, 1.807) is 0 Å². The molecule has 106 valence electrons. The Hall–Kier alpha value is -0.120. The maximum absolute atomic E-state index is 10.9. The average molecular weight is 255 g/mol. The normalized spacial score (nSPS) is 28.8. The molecule has 1 saturated carbocycles. The first-order valence-electron chi connectivity index (χ1n) is 7.69. The molecule has 0 radical (unpaired) electrons. The second kappa shape index (κ2) is 6.36. The van der Waals surface area contributed by atoms with Gasteiger partial charge in [0.15, 0.2) is 0 Å². The summed E-state index contributed by atoms with van der Waals surface area (Å²) in [6, 6.07) is 0. The summed E-state index contributed by atoms with van der Waals surface area (Å²) in [7, 11) is 0. The van der Waals surface area contributed by atoms with Gasteiger partial charge in [-0.1, -0.05) is 26.2 Å². The second-order valence-electron chi connectivity index (χ2n) is 6.15. The lowest BCUT2D eigenvalue weighted by Crippen LogP contribution is -2.59. The molecule has 18 heavy (non-hydrogen) atoms. The number of morpholine rings is 1. The summed E-state index contributed by atoms with van der Waals surface area (Å²) in [6.45, 7) is 8.02. The van der Waals surface area contributed by atoms with Crippen molar-refractivity contribution in [1.82, 2.24) is 4.90 Å². The van der Waals surface area contributed by atoms with Gasteiger partial charge in [-0.2, -0.15) is 0 Å². The van der Waals surface area contributed by atoms with Crippen molar-refractivity contribution >= 4 is 0 Å². The van der Waals surface area contributed by atoms with E-state index in [1.807, 2.05) is 0 Å². The summed E-state index contributed by atoms with van der Waals surface area (Å²) in [5, 5.41) is 10.9. The number of aliphatic hydroxyl groups excluding tert-OH is 1. The van der Waals surface area contributed by atoms with Gasteiger partial charge in [0.1, 0.15) is 0 Å². The Labute approximate surface area is 112 Å². The Morgan fingerprint density at radius 1 is 1.22 bits per heavy atom. The average Bonchev–Trinajstić information content (AvgIpc) is 2.47. The molecule has 2 aliphatic rings. The molecule has 1 heterocycles. The number of nitrogens with zero attached hydrogens (tertiary/aromatic N) is 1. The number of aliphatic hydroxyl groups is 1. The largest absolute Gasteiger partial charge is 0.391 e. The summed E-state index contributed by atoms with van der Waals surface area (Å²) < 4.78 is 5.44. The molecule has 0 aromatic rings. The molecule has 1 aliphatic carbocycles. The Kier molecular flexibility index (Phi) is 5.05. The van der Waals surface area contributed by atoms with Gasteiger partial charge in [-0.25, -0.2) is 0 Å². The predicted molar refractivity (Wildman–Crippen MR) is 73.7 cm³/mol. The molecule has 1 N–H and O–H groups in total. The van der Waals surface area contributed by atoms with Gasteiger partial charge in [0.25, 0.3) is 0 Å². The zero-order valence-electron chi connectivity index (χ0n) is 12.0. The van der Waals surface area contributed by atoms with E-state index in [0.717, 1.165) is 32.7 Å². The first-order chi connectivity index (χ1) is 8.68. The maximum atomic E-state index is 10.9. The zero-order chi connectivity index (χ0) is 13.0. The van der Waals surface area contributed by atoms with Crippen molar-refractivity contribution in [2.75, 3.05) is 26.3 Å². The molecular formula is C15H29NO2. The van der Waals surface area contributed by atoms with Gasteiger partial charge >= 0.3 is 0 Å². The van der Waals surface area contributed by atoms with E-state index in [2.05, 4.69) is 18.7 Å². The minimum Gasteiger partial charge on any atom is -0.391 e. The zero-order valence-corrected chi connectivity index (χ0v) is 12.0. The Morgan fingerprint density at radius 3 is 2.39 bits per heavy atom. The van der Waals surface area contributed by atoms with Gasteiger partial charge in [0.2, 0.25) is 0 Å². The predicted octanol–water partition coefficient (Wildman–Crippen LogP) is 2.43. The molecule has 2 unspecified atom stereocenters. The first-order valence-corrected chi connectivity index (χ1v) is 7.69.